The van der Waals surface area contributed by atoms with Crippen molar-refractivity contribution in [1.82, 2.24) is 4.90 Å². The molecule has 1 aliphatic rings. The molecular formula is C19H20N2O4S. The van der Waals surface area contributed by atoms with E-state index in [2.05, 4.69) is 5.32 Å². The van der Waals surface area contributed by atoms with Gasteiger partial charge >= 0.3 is 5.97 Å². The molecule has 136 valence electrons. The SMILES string of the molecule is Cc1ccsc1C(=O)Nc1ccc(C(=O)N2CCC(C(=O)O)CC2)cc1. The maximum atomic E-state index is 12.5. The van der Waals surface area contributed by atoms with Gasteiger partial charge in [-0.15, -0.1) is 11.3 Å². The zero-order valence-corrected chi connectivity index (χ0v) is 15.2. The van der Waals surface area contributed by atoms with Crippen molar-refractivity contribution in [3.63, 3.8) is 0 Å². The number of nitrogens with one attached hydrogen (secondary N) is 1. The first-order chi connectivity index (χ1) is 12.5. The van der Waals surface area contributed by atoms with Crippen molar-refractivity contribution in [3.05, 3.63) is 51.7 Å². The number of aliphatic carboxylic acids is 1. The Labute approximate surface area is 155 Å². The molecular weight excluding hydrogens is 352 g/mol. The van der Waals surface area contributed by atoms with Crippen LogP contribution in [-0.4, -0.2) is 40.9 Å². The van der Waals surface area contributed by atoms with E-state index in [-0.39, 0.29) is 17.7 Å². The number of amides is 2. The first kappa shape index (κ1) is 18.1. The number of nitrogens with zero attached hydrogens (tertiary/aromatic N) is 1. The largest absolute Gasteiger partial charge is 0.481 e. The van der Waals surface area contributed by atoms with Crippen molar-refractivity contribution < 1.29 is 19.5 Å². The average molecular weight is 372 g/mol. The molecule has 26 heavy (non-hydrogen) atoms. The third-order valence-corrected chi connectivity index (χ3v) is 5.60. The standard InChI is InChI=1S/C19H20N2O4S/c1-12-8-11-26-16(12)17(22)20-15-4-2-13(3-5-15)18(23)21-9-6-14(7-10-21)19(24)25/h2-5,8,11,14H,6-7,9-10H2,1H3,(H,20,22)(H,24,25). The summed E-state index contributed by atoms with van der Waals surface area (Å²) in [5.41, 5.74) is 2.09. The van der Waals surface area contributed by atoms with Gasteiger partial charge in [-0.3, -0.25) is 14.4 Å². The highest BCUT2D eigenvalue weighted by Crippen LogP contribution is 2.21. The van der Waals surface area contributed by atoms with Crippen LogP contribution in [0.15, 0.2) is 35.7 Å². The van der Waals surface area contributed by atoms with Gasteiger partial charge < -0.3 is 15.3 Å². The number of aryl methyl sites for hydroxylation is 1. The molecule has 6 nitrogen and oxygen atoms in total. The van der Waals surface area contributed by atoms with Gasteiger partial charge in [0, 0.05) is 24.3 Å². The minimum Gasteiger partial charge on any atom is -0.481 e. The van der Waals surface area contributed by atoms with E-state index in [1.807, 2.05) is 18.4 Å². The number of anilines is 1. The maximum absolute atomic E-state index is 12.5. The molecule has 2 amide bonds. The van der Waals surface area contributed by atoms with Gasteiger partial charge in [0.05, 0.1) is 10.8 Å². The van der Waals surface area contributed by atoms with Crippen LogP contribution >= 0.6 is 11.3 Å². The van der Waals surface area contributed by atoms with Crippen LogP contribution in [0.1, 0.15) is 38.4 Å². The second kappa shape index (κ2) is 7.70. The summed E-state index contributed by atoms with van der Waals surface area (Å²) in [5.74, 6) is -1.43. The molecule has 1 fully saturated rings. The first-order valence-corrected chi connectivity index (χ1v) is 9.31. The van der Waals surface area contributed by atoms with Crippen LogP contribution in [0.4, 0.5) is 5.69 Å². The van der Waals surface area contributed by atoms with Gasteiger partial charge in [0.1, 0.15) is 0 Å². The minimum atomic E-state index is -0.793. The molecule has 1 aromatic carbocycles. The number of benzene rings is 1. The lowest BCUT2D eigenvalue weighted by atomic mass is 9.96. The molecule has 1 saturated heterocycles. The molecule has 0 bridgehead atoms. The first-order valence-electron chi connectivity index (χ1n) is 8.43. The third-order valence-electron chi connectivity index (χ3n) is 4.59. The van der Waals surface area contributed by atoms with E-state index in [1.165, 1.54) is 11.3 Å². The molecule has 1 aliphatic heterocycles. The lowest BCUT2D eigenvalue weighted by Gasteiger charge is -2.30. The Hall–Kier alpha value is -2.67. The number of carbonyl (C=O) groups is 3. The van der Waals surface area contributed by atoms with Gasteiger partial charge in [-0.1, -0.05) is 0 Å². The van der Waals surface area contributed by atoms with Gasteiger partial charge in [0.25, 0.3) is 11.8 Å². The molecule has 2 heterocycles. The van der Waals surface area contributed by atoms with Crippen LogP contribution in [0.2, 0.25) is 0 Å². The Kier molecular flexibility index (Phi) is 5.37. The summed E-state index contributed by atoms with van der Waals surface area (Å²) in [6.45, 7) is 2.79. The van der Waals surface area contributed by atoms with Crippen molar-refractivity contribution in [2.24, 2.45) is 5.92 Å². The molecule has 0 spiro atoms. The molecule has 7 heteroatoms. The number of hydrogen-bond donors (Lipinski definition) is 2. The van der Waals surface area contributed by atoms with E-state index in [0.29, 0.717) is 42.1 Å². The van der Waals surface area contributed by atoms with Gasteiger partial charge in [-0.25, -0.2) is 0 Å². The highest BCUT2D eigenvalue weighted by Gasteiger charge is 2.27. The molecule has 0 radical (unpaired) electrons. The van der Waals surface area contributed by atoms with Crippen LogP contribution in [0.3, 0.4) is 0 Å². The number of rotatable bonds is 4. The number of thiophene rings is 1. The van der Waals surface area contributed by atoms with Gasteiger partial charge in [-0.2, -0.15) is 0 Å². The summed E-state index contributed by atoms with van der Waals surface area (Å²) in [5, 5.41) is 13.7. The fourth-order valence-corrected chi connectivity index (χ4v) is 3.82. The fourth-order valence-electron chi connectivity index (χ4n) is 3.00. The zero-order chi connectivity index (χ0) is 18.7. The topological polar surface area (TPSA) is 86.7 Å². The van der Waals surface area contributed by atoms with Gasteiger partial charge in [0.2, 0.25) is 0 Å². The highest BCUT2D eigenvalue weighted by molar-refractivity contribution is 7.12. The Morgan fingerprint density at radius 3 is 2.31 bits per heavy atom. The summed E-state index contributed by atoms with van der Waals surface area (Å²) in [4.78, 5) is 38.1. The summed E-state index contributed by atoms with van der Waals surface area (Å²) in [6, 6.07) is 8.68. The lowest BCUT2D eigenvalue weighted by Crippen LogP contribution is -2.40. The number of carbonyl (C=O) groups excluding carboxylic acids is 2. The Morgan fingerprint density at radius 2 is 1.77 bits per heavy atom. The van der Waals surface area contributed by atoms with E-state index in [4.69, 9.17) is 5.11 Å². The van der Waals surface area contributed by atoms with E-state index in [9.17, 15) is 14.4 Å². The van der Waals surface area contributed by atoms with E-state index in [1.54, 1.807) is 29.2 Å². The number of piperidine rings is 1. The maximum Gasteiger partial charge on any atom is 0.306 e. The molecule has 1 aromatic heterocycles. The Morgan fingerprint density at radius 1 is 1.12 bits per heavy atom. The van der Waals surface area contributed by atoms with Crippen molar-refractivity contribution in [2.75, 3.05) is 18.4 Å². The van der Waals surface area contributed by atoms with E-state index in [0.717, 1.165) is 5.56 Å². The van der Waals surface area contributed by atoms with E-state index < -0.39 is 5.97 Å². The predicted molar refractivity (Wildman–Crippen MR) is 99.7 cm³/mol. The van der Waals surface area contributed by atoms with Crippen LogP contribution in [0, 0.1) is 12.8 Å². The normalized spacial score (nSPS) is 14.9. The monoisotopic (exact) mass is 372 g/mol. The molecule has 0 aliphatic carbocycles. The van der Waals surface area contributed by atoms with Crippen molar-refractivity contribution >= 4 is 34.8 Å². The number of carboxylic acid groups (broad SMARTS) is 1. The van der Waals surface area contributed by atoms with Crippen molar-refractivity contribution in [1.29, 1.82) is 0 Å². The second-order valence-corrected chi connectivity index (χ2v) is 7.29. The summed E-state index contributed by atoms with van der Waals surface area (Å²) in [6.07, 6.45) is 0.963. The van der Waals surface area contributed by atoms with Crippen LogP contribution in [0.5, 0.6) is 0 Å². The van der Waals surface area contributed by atoms with E-state index >= 15 is 0 Å². The van der Waals surface area contributed by atoms with Crippen molar-refractivity contribution in [2.45, 2.75) is 19.8 Å². The van der Waals surface area contributed by atoms with Gasteiger partial charge in [-0.05, 0) is 61.0 Å². The quantitative estimate of drug-likeness (QED) is 0.862. The van der Waals surface area contributed by atoms with Gasteiger partial charge in [0.15, 0.2) is 0 Å². The molecule has 0 saturated carbocycles. The number of likely N-dealkylation sites (tertiary alicyclic amines) is 1. The fraction of sp³-hybridized carbons (Fsp3) is 0.316. The summed E-state index contributed by atoms with van der Waals surface area (Å²) >= 11 is 1.39. The number of hydrogen-bond acceptors (Lipinski definition) is 4. The van der Waals surface area contributed by atoms with Crippen LogP contribution < -0.4 is 5.32 Å². The van der Waals surface area contributed by atoms with Crippen LogP contribution in [-0.2, 0) is 4.79 Å². The average Bonchev–Trinajstić information content (AvgIpc) is 3.08. The summed E-state index contributed by atoms with van der Waals surface area (Å²) in [7, 11) is 0. The lowest BCUT2D eigenvalue weighted by molar-refractivity contribution is -0.143. The predicted octanol–water partition coefficient (Wildman–Crippen LogP) is 3.25. The molecule has 2 N–H and O–H groups in total. The molecule has 0 unspecified atom stereocenters. The minimum absolute atomic E-state index is 0.110. The Balaban J connectivity index is 1.61. The highest BCUT2D eigenvalue weighted by atomic mass is 32.1. The second-order valence-electron chi connectivity index (χ2n) is 6.37. The molecule has 0 atom stereocenters. The smallest absolute Gasteiger partial charge is 0.306 e. The Bertz CT molecular complexity index is 820. The zero-order valence-electron chi connectivity index (χ0n) is 14.4. The number of carboxylic acids is 1. The molecule has 3 rings (SSSR count). The third kappa shape index (κ3) is 3.94. The summed E-state index contributed by atoms with van der Waals surface area (Å²) < 4.78 is 0. The molecule has 2 aromatic rings. The van der Waals surface area contributed by atoms with Crippen LogP contribution in [0.25, 0.3) is 0 Å². The van der Waals surface area contributed by atoms with Crippen molar-refractivity contribution in [3.8, 4) is 0 Å².